The Morgan fingerprint density at radius 3 is 2.50 bits per heavy atom. The Balaban J connectivity index is 2.58. The highest BCUT2D eigenvalue weighted by molar-refractivity contribution is 6.35. The number of methoxy groups -OCH3 is 1. The number of benzene rings is 1. The molecule has 1 rings (SSSR count). The predicted octanol–water partition coefficient (Wildman–Crippen LogP) is 3.08. The fourth-order valence-corrected chi connectivity index (χ4v) is 2.26. The standard InChI is InChI=1S/C15H19Cl2NO4/c1-9(2)6-12(15(20)21-3)18-14(19)8-22-13-5-4-10(16)7-11(13)17/h4-5,7,9,12H,6,8H2,1-3H3,(H,18,19)/t12-/m0/s1. The van der Waals surface area contributed by atoms with Crippen molar-refractivity contribution >= 4 is 35.1 Å². The lowest BCUT2D eigenvalue weighted by Crippen LogP contribution is -2.44. The Morgan fingerprint density at radius 2 is 1.95 bits per heavy atom. The lowest BCUT2D eigenvalue weighted by atomic mass is 10.0. The van der Waals surface area contributed by atoms with Gasteiger partial charge in [-0.15, -0.1) is 0 Å². The quantitative estimate of drug-likeness (QED) is 0.769. The summed E-state index contributed by atoms with van der Waals surface area (Å²) in [6, 6.07) is 4.01. The Labute approximate surface area is 139 Å². The van der Waals surface area contributed by atoms with E-state index < -0.39 is 17.9 Å². The summed E-state index contributed by atoms with van der Waals surface area (Å²) in [5.74, 6) is -0.329. The summed E-state index contributed by atoms with van der Waals surface area (Å²) in [6.45, 7) is 3.64. The Hall–Kier alpha value is -1.46. The maximum absolute atomic E-state index is 11.9. The molecular formula is C15H19Cl2NO4. The fraction of sp³-hybridized carbons (Fsp3) is 0.467. The lowest BCUT2D eigenvalue weighted by Gasteiger charge is -2.18. The van der Waals surface area contributed by atoms with Crippen LogP contribution in [0.5, 0.6) is 5.75 Å². The SMILES string of the molecule is COC(=O)[C@H](CC(C)C)NC(=O)COc1ccc(Cl)cc1Cl. The van der Waals surface area contributed by atoms with Crippen LogP contribution in [0.25, 0.3) is 0 Å². The molecule has 1 amide bonds. The molecule has 7 heteroatoms. The maximum atomic E-state index is 11.9. The summed E-state index contributed by atoms with van der Waals surface area (Å²) in [5, 5.41) is 3.38. The fourth-order valence-electron chi connectivity index (χ4n) is 1.80. The summed E-state index contributed by atoms with van der Waals surface area (Å²) < 4.78 is 10.00. The first kappa shape index (κ1) is 18.6. The van der Waals surface area contributed by atoms with Crippen LogP contribution in [-0.4, -0.2) is 31.6 Å². The van der Waals surface area contributed by atoms with E-state index in [1.807, 2.05) is 13.8 Å². The zero-order chi connectivity index (χ0) is 16.7. The number of rotatable bonds is 7. The first-order valence-corrected chi connectivity index (χ1v) is 7.54. The van der Waals surface area contributed by atoms with Crippen LogP contribution in [-0.2, 0) is 14.3 Å². The Morgan fingerprint density at radius 1 is 1.27 bits per heavy atom. The molecule has 0 aliphatic rings. The van der Waals surface area contributed by atoms with E-state index in [4.69, 9.17) is 27.9 Å². The summed E-state index contributed by atoms with van der Waals surface area (Å²) in [4.78, 5) is 23.5. The number of nitrogens with one attached hydrogen (secondary N) is 1. The van der Waals surface area contributed by atoms with Crippen LogP contribution in [0.2, 0.25) is 10.0 Å². The van der Waals surface area contributed by atoms with E-state index in [1.165, 1.54) is 13.2 Å². The molecule has 0 radical (unpaired) electrons. The number of halogens is 2. The minimum absolute atomic E-state index is 0.232. The molecule has 22 heavy (non-hydrogen) atoms. The highest BCUT2D eigenvalue weighted by Crippen LogP contribution is 2.27. The van der Waals surface area contributed by atoms with Crippen molar-refractivity contribution in [2.75, 3.05) is 13.7 Å². The molecule has 0 heterocycles. The van der Waals surface area contributed by atoms with Crippen molar-refractivity contribution in [3.63, 3.8) is 0 Å². The number of carbonyl (C=O) groups excluding carboxylic acids is 2. The molecule has 0 saturated carbocycles. The van der Waals surface area contributed by atoms with Crippen molar-refractivity contribution < 1.29 is 19.1 Å². The number of carbonyl (C=O) groups is 2. The molecule has 0 aliphatic heterocycles. The Bertz CT molecular complexity index is 534. The molecular weight excluding hydrogens is 329 g/mol. The smallest absolute Gasteiger partial charge is 0.328 e. The molecule has 0 unspecified atom stereocenters. The molecule has 1 aromatic rings. The topological polar surface area (TPSA) is 64.6 Å². The third-order valence-electron chi connectivity index (χ3n) is 2.78. The first-order valence-electron chi connectivity index (χ1n) is 6.78. The van der Waals surface area contributed by atoms with Gasteiger partial charge in [0.1, 0.15) is 11.8 Å². The van der Waals surface area contributed by atoms with Crippen LogP contribution in [0.1, 0.15) is 20.3 Å². The van der Waals surface area contributed by atoms with E-state index in [-0.39, 0.29) is 12.5 Å². The average Bonchev–Trinajstić information content (AvgIpc) is 2.44. The molecule has 0 bridgehead atoms. The summed E-state index contributed by atoms with van der Waals surface area (Å²) in [7, 11) is 1.28. The molecule has 5 nitrogen and oxygen atoms in total. The van der Waals surface area contributed by atoms with Crippen LogP contribution in [0.15, 0.2) is 18.2 Å². The third kappa shape index (κ3) is 6.12. The lowest BCUT2D eigenvalue weighted by molar-refractivity contribution is -0.145. The number of hydrogen-bond donors (Lipinski definition) is 1. The monoisotopic (exact) mass is 347 g/mol. The van der Waals surface area contributed by atoms with Gasteiger partial charge in [-0.2, -0.15) is 0 Å². The van der Waals surface area contributed by atoms with E-state index in [0.717, 1.165) is 0 Å². The molecule has 0 aromatic heterocycles. The van der Waals surface area contributed by atoms with Crippen LogP contribution >= 0.6 is 23.2 Å². The van der Waals surface area contributed by atoms with Gasteiger partial charge in [0.15, 0.2) is 6.61 Å². The number of esters is 1. The largest absolute Gasteiger partial charge is 0.482 e. The number of ether oxygens (including phenoxy) is 2. The van der Waals surface area contributed by atoms with Crippen molar-refractivity contribution in [2.24, 2.45) is 5.92 Å². The van der Waals surface area contributed by atoms with Gasteiger partial charge in [-0.05, 0) is 30.5 Å². The van der Waals surface area contributed by atoms with Gasteiger partial charge in [-0.25, -0.2) is 4.79 Å². The maximum Gasteiger partial charge on any atom is 0.328 e. The van der Waals surface area contributed by atoms with Crippen LogP contribution in [0, 0.1) is 5.92 Å². The van der Waals surface area contributed by atoms with Gasteiger partial charge in [0.05, 0.1) is 12.1 Å². The molecule has 1 aromatic carbocycles. The highest BCUT2D eigenvalue weighted by Gasteiger charge is 2.22. The molecule has 0 aliphatic carbocycles. The van der Waals surface area contributed by atoms with Crippen molar-refractivity contribution in [3.8, 4) is 5.75 Å². The molecule has 1 N–H and O–H groups in total. The number of amides is 1. The van der Waals surface area contributed by atoms with Gasteiger partial charge in [0, 0.05) is 5.02 Å². The van der Waals surface area contributed by atoms with Crippen molar-refractivity contribution in [3.05, 3.63) is 28.2 Å². The van der Waals surface area contributed by atoms with Crippen LogP contribution in [0.3, 0.4) is 0 Å². The van der Waals surface area contributed by atoms with E-state index in [0.29, 0.717) is 22.2 Å². The normalized spacial score (nSPS) is 11.9. The molecule has 0 fully saturated rings. The third-order valence-corrected chi connectivity index (χ3v) is 3.31. The second kappa shape index (κ2) is 8.86. The minimum atomic E-state index is -0.693. The van der Waals surface area contributed by atoms with E-state index in [9.17, 15) is 9.59 Å². The van der Waals surface area contributed by atoms with Gasteiger partial charge in [-0.1, -0.05) is 37.0 Å². The summed E-state index contributed by atoms with van der Waals surface area (Å²) >= 11 is 11.7. The first-order chi connectivity index (χ1) is 10.3. The van der Waals surface area contributed by atoms with E-state index in [2.05, 4.69) is 10.1 Å². The number of hydrogen-bond acceptors (Lipinski definition) is 4. The second-order valence-electron chi connectivity index (χ2n) is 5.14. The average molecular weight is 348 g/mol. The highest BCUT2D eigenvalue weighted by atomic mass is 35.5. The van der Waals surface area contributed by atoms with Crippen molar-refractivity contribution in [2.45, 2.75) is 26.3 Å². The van der Waals surface area contributed by atoms with Crippen LogP contribution in [0.4, 0.5) is 0 Å². The predicted molar refractivity (Wildman–Crippen MR) is 85.4 cm³/mol. The minimum Gasteiger partial charge on any atom is -0.482 e. The van der Waals surface area contributed by atoms with Gasteiger partial charge in [0.25, 0.3) is 5.91 Å². The van der Waals surface area contributed by atoms with Gasteiger partial charge >= 0.3 is 5.97 Å². The van der Waals surface area contributed by atoms with E-state index in [1.54, 1.807) is 12.1 Å². The molecule has 0 spiro atoms. The molecule has 1 atom stereocenters. The molecule has 122 valence electrons. The van der Waals surface area contributed by atoms with Crippen LogP contribution < -0.4 is 10.1 Å². The Kier molecular flexibility index (Phi) is 7.48. The van der Waals surface area contributed by atoms with Gasteiger partial charge in [-0.3, -0.25) is 4.79 Å². The zero-order valence-corrected chi connectivity index (χ0v) is 14.2. The van der Waals surface area contributed by atoms with Gasteiger partial charge < -0.3 is 14.8 Å². The van der Waals surface area contributed by atoms with Crippen molar-refractivity contribution in [1.29, 1.82) is 0 Å². The summed E-state index contributed by atoms with van der Waals surface area (Å²) in [6.07, 6.45) is 0.486. The second-order valence-corrected chi connectivity index (χ2v) is 5.98. The van der Waals surface area contributed by atoms with Crippen molar-refractivity contribution in [1.82, 2.24) is 5.32 Å². The van der Waals surface area contributed by atoms with Gasteiger partial charge in [0.2, 0.25) is 0 Å². The zero-order valence-electron chi connectivity index (χ0n) is 12.7. The summed E-state index contributed by atoms with van der Waals surface area (Å²) in [5.41, 5.74) is 0. The molecule has 0 saturated heterocycles. The van der Waals surface area contributed by atoms with E-state index >= 15 is 0 Å².